The van der Waals surface area contributed by atoms with Crippen LogP contribution in [-0.4, -0.2) is 271 Å². The van der Waals surface area contributed by atoms with Crippen molar-refractivity contribution < 1.29 is 157 Å². The van der Waals surface area contributed by atoms with Crippen LogP contribution in [0.3, 0.4) is 0 Å². The summed E-state index contributed by atoms with van der Waals surface area (Å²) in [6.07, 6.45) is 14.8. The van der Waals surface area contributed by atoms with Crippen molar-refractivity contribution in [2.75, 3.05) is 102 Å². The minimum absolute atomic E-state index is 0. The van der Waals surface area contributed by atoms with Gasteiger partial charge in [0.15, 0.2) is 33.0 Å². The summed E-state index contributed by atoms with van der Waals surface area (Å²) in [6, 6.07) is -1.55. The number of nitrogens with zero attached hydrogens (tertiary/aromatic N) is 4. The van der Waals surface area contributed by atoms with Crippen LogP contribution >= 0.6 is 0 Å². The Balaban J connectivity index is 0.000000388. The Hall–Kier alpha value is -9.59. The number of fused-ring (bicyclic) bond motifs is 5. The average molecular weight is 1720 g/mol. The zero-order valence-electron chi connectivity index (χ0n) is 68.8. The highest BCUT2D eigenvalue weighted by Gasteiger charge is 2.59. The zero-order valence-corrected chi connectivity index (χ0v) is 68.8. The van der Waals surface area contributed by atoms with Crippen molar-refractivity contribution in [3.05, 3.63) is 36.5 Å². The van der Waals surface area contributed by atoms with Crippen LogP contribution in [0.2, 0.25) is 0 Å². The number of Topliss-reactive ketones (excluding diaryl/α,β-unsaturated/α-hetero) is 1. The average Bonchev–Trinajstić information content (AvgIpc) is 1.59. The number of carboxylic acids is 1. The number of aliphatic carboxylic acids is 1. The number of nitrogens with two attached hydrogens (primary N) is 1. The number of rotatable bonds is 29. The van der Waals surface area contributed by atoms with E-state index in [9.17, 15) is 85.1 Å². The van der Waals surface area contributed by atoms with Crippen molar-refractivity contribution in [1.29, 1.82) is 0 Å². The van der Waals surface area contributed by atoms with Gasteiger partial charge in [0.2, 0.25) is 0 Å². The third-order valence-corrected chi connectivity index (χ3v) is 19.6. The van der Waals surface area contributed by atoms with Gasteiger partial charge in [0, 0.05) is 123 Å². The van der Waals surface area contributed by atoms with E-state index in [4.69, 9.17) is 48.9 Å². The summed E-state index contributed by atoms with van der Waals surface area (Å²) in [6.45, 7) is 11.7. The Morgan fingerprint density at radius 2 is 0.942 bits per heavy atom. The first-order valence-electron chi connectivity index (χ1n) is 39.4. The Morgan fingerprint density at radius 1 is 0.558 bits per heavy atom. The molecule has 10 amide bonds. The van der Waals surface area contributed by atoms with Crippen molar-refractivity contribution in [3.63, 3.8) is 0 Å². The predicted molar refractivity (Wildman–Crippen MR) is 409 cm³/mol. The first kappa shape index (κ1) is 105. The minimum atomic E-state index is -5.19. The number of nitrogens with one attached hydrogen (secondary N) is 4. The summed E-state index contributed by atoms with van der Waals surface area (Å²) in [5.74, 6) is -6.53. The second kappa shape index (κ2) is 54.6. The highest BCUT2D eigenvalue weighted by molar-refractivity contribution is 6.14. The molecule has 42 heteroatoms. The number of cyclic esters (lactones) is 2. The van der Waals surface area contributed by atoms with Crippen molar-refractivity contribution in [2.45, 2.75) is 231 Å². The molecule has 6 N–H and O–H groups in total. The van der Waals surface area contributed by atoms with Crippen molar-refractivity contribution in [1.82, 2.24) is 41.0 Å². The molecule has 7 fully saturated rings. The SMILES string of the molecule is C.CC(C)(C)OC(=O)CC1CCC(N)CC1.CC1CCC(N2C(=O)C=CC2=O)CC1.CN1CCOCC1.COCOC(=O)NCCCCC(NC(=O)OCOC)C(=O)CC1CCC(N2C(=O)C=CC2=O)CC1.COCOC(=O)NCCCCC(NC(=O)OCOC)C(=O)ON1C(=O)CCC1=O.O=C([O-])C(F)(F)F.O=C1OC(=O)C2C3C=CC(O3)C12. The molecule has 39 nitrogen and oxygen atoms in total. The Kier molecular flexibility index (Phi) is 47.6. The number of carbonyl (C=O) groups excluding carboxylic acids is 16. The molecule has 6 unspecified atom stereocenters. The largest absolute Gasteiger partial charge is 0.542 e. The number of methoxy groups -OCH3 is 4. The third kappa shape index (κ3) is 38.9. The fourth-order valence-corrected chi connectivity index (χ4v) is 13.5. The third-order valence-electron chi connectivity index (χ3n) is 19.6. The molecule has 678 valence electrons. The summed E-state index contributed by atoms with van der Waals surface area (Å²) in [5.41, 5.74) is 5.45. The number of ketones is 1. The summed E-state index contributed by atoms with van der Waals surface area (Å²) in [7, 11) is 7.60. The first-order chi connectivity index (χ1) is 56.4. The molecule has 2 bridgehead atoms. The Morgan fingerprint density at radius 3 is 1.33 bits per heavy atom. The summed E-state index contributed by atoms with van der Waals surface area (Å²) in [5, 5.41) is 19.1. The van der Waals surface area contributed by atoms with Gasteiger partial charge in [-0.25, -0.2) is 24.0 Å². The molecule has 0 spiro atoms. The van der Waals surface area contributed by atoms with E-state index in [0.717, 1.165) is 83.6 Å². The molecular formula is C78H119F3N9O30-. The standard InChI is InChI=1S/C23H35N3O9.C16H25N3O10.C12H23NO2.C11H15NO2.C8H6O4.C5H11NO.C2HF3O2.CH4/c1-32-14-34-22(30)24-12-4-3-5-18(25-23(31)35-15-33-2)19(27)13-16-6-8-17(9-7-16)26-20(28)10-11-21(26)29;1-25-9-27-15(23)17-8-4-3-5-11(18-16(24)28-10-26-2)14(22)29-19-12(20)6-7-13(19)21;1-12(2,3)15-11(14)8-9-4-6-10(13)7-5-9;1-8-2-4-9(5-3-8)12-10(13)6-7-11(12)14;9-7-5-3-1-2-4(11-3)6(5)8(10)12-7;1-6-2-4-7-5-3-6;3-2(4,5)1(6)7;/h10-11,16-18H,3-9,12-15H2,1-2H3,(H,24,30)(H,25,31);11H,3-10H2,1-2H3,(H,17,23)(H,18,24);9-10H,4-8,13H2,1-3H3;6-9H,2-5H2,1H3;1-6H;2-5H2,1H3;(H,6,7);1H4/p-1. The van der Waals surface area contributed by atoms with Gasteiger partial charge in [0.1, 0.15) is 29.4 Å². The molecule has 0 radical (unpaired) electrons. The minimum Gasteiger partial charge on any atom is -0.542 e. The predicted octanol–water partition coefficient (Wildman–Crippen LogP) is 4.67. The number of hydrogen-bond donors (Lipinski definition) is 5. The number of imide groups is 3. The fraction of sp³-hybridized carbons (Fsp3) is 0.718. The van der Waals surface area contributed by atoms with Crippen LogP contribution < -0.4 is 32.1 Å². The van der Waals surface area contributed by atoms with E-state index in [1.54, 1.807) is 0 Å². The highest BCUT2D eigenvalue weighted by Crippen LogP contribution is 2.44. The second-order valence-electron chi connectivity index (χ2n) is 30.1. The van der Waals surface area contributed by atoms with Crippen molar-refractivity contribution >= 4 is 95.4 Å². The number of halogens is 3. The van der Waals surface area contributed by atoms with E-state index in [1.165, 1.54) is 62.5 Å². The van der Waals surface area contributed by atoms with E-state index in [1.807, 2.05) is 32.9 Å². The molecule has 3 saturated carbocycles. The Bertz CT molecular complexity index is 3380. The maximum atomic E-state index is 13.0. The number of morpholine rings is 1. The van der Waals surface area contributed by atoms with Crippen LogP contribution in [0.15, 0.2) is 36.5 Å². The molecule has 0 aromatic rings. The van der Waals surface area contributed by atoms with Gasteiger partial charge in [-0.15, -0.1) is 5.06 Å². The van der Waals surface area contributed by atoms with Crippen LogP contribution in [0.25, 0.3) is 0 Å². The Labute approximate surface area is 695 Å². The van der Waals surface area contributed by atoms with Gasteiger partial charge in [0.05, 0.1) is 31.5 Å². The molecule has 6 atom stereocenters. The number of hydroxylamine groups is 2. The number of likely N-dealkylation sites (N-methyl/N-ethyl adjacent to an activating group) is 1. The molecule has 0 aromatic carbocycles. The number of alkyl halides is 3. The van der Waals surface area contributed by atoms with Gasteiger partial charge in [-0.2, -0.15) is 13.2 Å². The topological polar surface area (TPSA) is 503 Å². The molecule has 7 aliphatic heterocycles. The van der Waals surface area contributed by atoms with Gasteiger partial charge in [-0.05, 0) is 161 Å². The zero-order chi connectivity index (χ0) is 88.4. The lowest BCUT2D eigenvalue weighted by molar-refractivity contribution is -0.344. The molecule has 0 aromatic heterocycles. The number of alkyl carbamates (subject to hydrolysis) is 4. The maximum Gasteiger partial charge on any atom is 0.430 e. The molecule has 4 saturated heterocycles. The van der Waals surface area contributed by atoms with E-state index in [2.05, 4.69) is 68.6 Å². The summed E-state index contributed by atoms with van der Waals surface area (Å²) in [4.78, 5) is 194. The normalized spacial score (nSPS) is 23.7. The van der Waals surface area contributed by atoms with Crippen LogP contribution in [0.5, 0.6) is 0 Å². The van der Waals surface area contributed by atoms with Crippen LogP contribution in [-0.2, 0) is 119 Å². The number of carboxylic acid groups (broad SMARTS) is 1. The van der Waals surface area contributed by atoms with E-state index in [-0.39, 0.29) is 150 Å². The smallest absolute Gasteiger partial charge is 0.430 e. The van der Waals surface area contributed by atoms with Crippen LogP contribution in [0.4, 0.5) is 32.3 Å². The van der Waals surface area contributed by atoms with E-state index in [0.29, 0.717) is 87.8 Å². The van der Waals surface area contributed by atoms with Crippen LogP contribution in [0, 0.1) is 29.6 Å². The first-order valence-corrected chi connectivity index (χ1v) is 39.4. The molecular weight excluding hydrogens is 1600 g/mol. The molecule has 7 heterocycles. The molecule has 10 aliphatic rings. The maximum absolute atomic E-state index is 13.0. The lowest BCUT2D eigenvalue weighted by Gasteiger charge is -2.33. The van der Waals surface area contributed by atoms with Gasteiger partial charge in [0.25, 0.3) is 35.4 Å². The lowest BCUT2D eigenvalue weighted by atomic mass is 9.81. The van der Waals surface area contributed by atoms with E-state index < -0.39 is 78.3 Å². The van der Waals surface area contributed by atoms with Crippen molar-refractivity contribution in [2.24, 2.45) is 35.3 Å². The van der Waals surface area contributed by atoms with Gasteiger partial charge in [-0.3, -0.25) is 57.7 Å². The number of esters is 3. The number of ether oxygens (including phenoxy) is 12. The summed E-state index contributed by atoms with van der Waals surface area (Å²) < 4.78 is 89.3. The number of unbranched alkanes of at least 4 members (excludes halogenated alkanes) is 2. The highest BCUT2D eigenvalue weighted by atomic mass is 19.4. The van der Waals surface area contributed by atoms with Gasteiger partial charge in [-0.1, -0.05) is 26.5 Å². The van der Waals surface area contributed by atoms with Gasteiger partial charge < -0.3 is 103 Å². The lowest BCUT2D eigenvalue weighted by Crippen LogP contribution is -2.45. The second-order valence-corrected chi connectivity index (χ2v) is 30.1. The van der Waals surface area contributed by atoms with Crippen LogP contribution in [0.1, 0.15) is 176 Å². The molecule has 120 heavy (non-hydrogen) atoms. The number of hydrogen-bond acceptors (Lipinski definition) is 32. The number of amides is 10. The fourth-order valence-electron chi connectivity index (χ4n) is 13.5. The number of carbonyl (C=O) groups is 16. The van der Waals surface area contributed by atoms with E-state index >= 15 is 0 Å². The van der Waals surface area contributed by atoms with Gasteiger partial charge >= 0.3 is 54.4 Å². The molecule has 10 rings (SSSR count). The molecule has 3 aliphatic carbocycles. The monoisotopic (exact) mass is 1720 g/mol. The quantitative estimate of drug-likeness (QED) is 0.0129. The van der Waals surface area contributed by atoms with Crippen molar-refractivity contribution in [3.8, 4) is 0 Å². The summed E-state index contributed by atoms with van der Waals surface area (Å²) >= 11 is 0.